The minimum Gasteiger partial charge on any atom is -0.342 e. The number of piperidine rings is 1. The van der Waals surface area contributed by atoms with Crippen LogP contribution in [0.1, 0.15) is 18.4 Å². The van der Waals surface area contributed by atoms with Gasteiger partial charge in [-0.15, -0.1) is 0 Å². The van der Waals surface area contributed by atoms with Crippen LogP contribution in [0.25, 0.3) is 0 Å². The number of para-hydroxylation sites is 1. The quantitative estimate of drug-likeness (QED) is 0.727. The second-order valence-corrected chi connectivity index (χ2v) is 9.13. The minimum atomic E-state index is -0.0318. The summed E-state index contributed by atoms with van der Waals surface area (Å²) >= 11 is 5.97. The number of carbonyl (C=O) groups is 2. The van der Waals surface area contributed by atoms with Gasteiger partial charge in [-0.05, 0) is 42.7 Å². The average Bonchev–Trinajstić information content (AvgIpc) is 2.82. The highest BCUT2D eigenvalue weighted by Crippen LogP contribution is 2.20. The van der Waals surface area contributed by atoms with E-state index in [9.17, 15) is 9.59 Å². The number of piperazine rings is 1. The molecule has 2 saturated heterocycles. The predicted octanol–water partition coefficient (Wildman–Crippen LogP) is 3.33. The van der Waals surface area contributed by atoms with Crippen LogP contribution in [0.4, 0.5) is 5.69 Å². The Labute approximate surface area is 195 Å². The van der Waals surface area contributed by atoms with Crippen LogP contribution in [-0.4, -0.2) is 72.3 Å². The van der Waals surface area contributed by atoms with Gasteiger partial charge in [-0.25, -0.2) is 0 Å². The third-order valence-corrected chi connectivity index (χ3v) is 6.65. The maximum absolute atomic E-state index is 12.8. The highest BCUT2D eigenvalue weighted by Gasteiger charge is 2.28. The summed E-state index contributed by atoms with van der Waals surface area (Å²) in [5.74, 6) is 0.203. The van der Waals surface area contributed by atoms with Crippen molar-refractivity contribution in [2.75, 3.05) is 51.1 Å². The maximum atomic E-state index is 12.8. The monoisotopic (exact) mass is 454 g/mol. The fraction of sp³-hybridized carbons (Fsp3) is 0.440. The zero-order valence-electron chi connectivity index (χ0n) is 18.4. The van der Waals surface area contributed by atoms with Crippen LogP contribution in [0, 0.1) is 5.92 Å². The van der Waals surface area contributed by atoms with Gasteiger partial charge in [-0.1, -0.05) is 41.9 Å². The van der Waals surface area contributed by atoms with E-state index in [0.29, 0.717) is 19.6 Å². The Kier molecular flexibility index (Phi) is 7.79. The number of halogens is 1. The Hall–Kier alpha value is -2.41. The summed E-state index contributed by atoms with van der Waals surface area (Å²) in [6, 6.07) is 17.5. The third kappa shape index (κ3) is 6.31. The van der Waals surface area contributed by atoms with Crippen molar-refractivity contribution in [3.05, 3.63) is 65.2 Å². The molecule has 2 amide bonds. The van der Waals surface area contributed by atoms with Crippen LogP contribution in [0.5, 0.6) is 0 Å². The zero-order chi connectivity index (χ0) is 22.3. The molecule has 2 aromatic rings. The standard InChI is InChI=1S/C25H31ClN4O2/c26-22-8-6-20(7-9-22)18-28-14-16-29(17-15-28)19-24(31)30-12-10-21(11-13-30)25(32)27-23-4-2-1-3-5-23/h1-9,21H,10-19H2,(H,27,32). The number of carbonyl (C=O) groups excluding carboxylic acids is 2. The lowest BCUT2D eigenvalue weighted by Crippen LogP contribution is -2.51. The van der Waals surface area contributed by atoms with Crippen molar-refractivity contribution < 1.29 is 9.59 Å². The molecule has 0 radical (unpaired) electrons. The minimum absolute atomic E-state index is 0.0318. The Morgan fingerprint density at radius 1 is 0.844 bits per heavy atom. The number of hydrogen-bond donors (Lipinski definition) is 1. The highest BCUT2D eigenvalue weighted by atomic mass is 35.5. The summed E-state index contributed by atoms with van der Waals surface area (Å²) in [5, 5.41) is 3.75. The van der Waals surface area contributed by atoms with Crippen molar-refractivity contribution in [2.24, 2.45) is 5.92 Å². The molecule has 0 bridgehead atoms. The Balaban J connectivity index is 1.16. The second-order valence-electron chi connectivity index (χ2n) is 8.69. The summed E-state index contributed by atoms with van der Waals surface area (Å²) < 4.78 is 0. The van der Waals surface area contributed by atoms with Crippen LogP contribution in [0.2, 0.25) is 5.02 Å². The van der Waals surface area contributed by atoms with Gasteiger partial charge >= 0.3 is 0 Å². The first-order chi connectivity index (χ1) is 15.6. The number of rotatable bonds is 6. The number of hydrogen-bond acceptors (Lipinski definition) is 4. The van der Waals surface area contributed by atoms with Crippen LogP contribution >= 0.6 is 11.6 Å². The van der Waals surface area contributed by atoms with Gasteiger partial charge in [-0.3, -0.25) is 19.4 Å². The zero-order valence-corrected chi connectivity index (χ0v) is 19.1. The van der Waals surface area contributed by atoms with Crippen LogP contribution in [-0.2, 0) is 16.1 Å². The van der Waals surface area contributed by atoms with Gasteiger partial charge in [0.1, 0.15) is 0 Å². The fourth-order valence-corrected chi connectivity index (χ4v) is 4.53. The van der Waals surface area contributed by atoms with Gasteiger partial charge in [0.25, 0.3) is 0 Å². The van der Waals surface area contributed by atoms with E-state index < -0.39 is 0 Å². The number of nitrogens with one attached hydrogen (secondary N) is 1. The lowest BCUT2D eigenvalue weighted by molar-refractivity contribution is -0.136. The van der Waals surface area contributed by atoms with E-state index in [1.165, 1.54) is 5.56 Å². The first kappa shape index (κ1) is 22.8. The molecule has 2 heterocycles. The molecule has 2 aliphatic rings. The molecular weight excluding hydrogens is 424 g/mol. The summed E-state index contributed by atoms with van der Waals surface area (Å²) in [4.78, 5) is 31.9. The molecule has 0 saturated carbocycles. The molecule has 0 spiro atoms. The van der Waals surface area contributed by atoms with Crippen molar-refractivity contribution in [1.29, 1.82) is 0 Å². The number of likely N-dealkylation sites (tertiary alicyclic amines) is 1. The van der Waals surface area contributed by atoms with E-state index in [4.69, 9.17) is 11.6 Å². The fourth-order valence-electron chi connectivity index (χ4n) is 4.40. The third-order valence-electron chi connectivity index (χ3n) is 6.40. The average molecular weight is 455 g/mol. The molecule has 7 heteroatoms. The molecule has 0 aliphatic carbocycles. The van der Waals surface area contributed by atoms with Crippen molar-refractivity contribution in [3.63, 3.8) is 0 Å². The van der Waals surface area contributed by atoms with Gasteiger partial charge in [0.05, 0.1) is 6.54 Å². The van der Waals surface area contributed by atoms with Gasteiger partial charge < -0.3 is 10.2 Å². The van der Waals surface area contributed by atoms with E-state index in [1.54, 1.807) is 0 Å². The predicted molar refractivity (Wildman–Crippen MR) is 128 cm³/mol. The van der Waals surface area contributed by atoms with Crippen molar-refractivity contribution in [1.82, 2.24) is 14.7 Å². The Morgan fingerprint density at radius 3 is 2.12 bits per heavy atom. The molecule has 2 aromatic carbocycles. The molecular formula is C25H31ClN4O2. The summed E-state index contributed by atoms with van der Waals surface area (Å²) in [7, 11) is 0. The maximum Gasteiger partial charge on any atom is 0.236 e. The number of benzene rings is 2. The first-order valence-electron chi connectivity index (χ1n) is 11.4. The topological polar surface area (TPSA) is 55.9 Å². The van der Waals surface area contributed by atoms with Crippen molar-refractivity contribution >= 4 is 29.1 Å². The van der Waals surface area contributed by atoms with Gasteiger partial charge in [0.2, 0.25) is 11.8 Å². The van der Waals surface area contributed by atoms with Crippen molar-refractivity contribution in [2.45, 2.75) is 19.4 Å². The number of nitrogens with zero attached hydrogens (tertiary/aromatic N) is 3. The Bertz CT molecular complexity index is 890. The van der Waals surface area contributed by atoms with Crippen LogP contribution in [0.3, 0.4) is 0 Å². The van der Waals surface area contributed by atoms with Crippen LogP contribution in [0.15, 0.2) is 54.6 Å². The number of anilines is 1. The van der Waals surface area contributed by atoms with E-state index in [-0.39, 0.29) is 17.7 Å². The van der Waals surface area contributed by atoms with Gasteiger partial charge in [0, 0.05) is 62.4 Å². The van der Waals surface area contributed by atoms with Gasteiger partial charge in [0.15, 0.2) is 0 Å². The summed E-state index contributed by atoms with van der Waals surface area (Å²) in [6.45, 7) is 6.40. The molecule has 2 fully saturated rings. The second kappa shape index (κ2) is 10.9. The molecule has 32 heavy (non-hydrogen) atoms. The lowest BCUT2D eigenvalue weighted by Gasteiger charge is -2.37. The molecule has 0 aromatic heterocycles. The molecule has 170 valence electrons. The van der Waals surface area contributed by atoms with Crippen LogP contribution < -0.4 is 5.32 Å². The largest absolute Gasteiger partial charge is 0.342 e. The van der Waals surface area contributed by atoms with E-state index in [2.05, 4.69) is 27.2 Å². The lowest BCUT2D eigenvalue weighted by atomic mass is 9.95. The normalized spacial score (nSPS) is 18.5. The Morgan fingerprint density at radius 2 is 1.47 bits per heavy atom. The molecule has 2 aliphatic heterocycles. The van der Waals surface area contributed by atoms with Gasteiger partial charge in [-0.2, -0.15) is 0 Å². The van der Waals surface area contributed by atoms with Crippen molar-refractivity contribution in [3.8, 4) is 0 Å². The summed E-state index contributed by atoms with van der Waals surface area (Å²) in [5.41, 5.74) is 2.09. The SMILES string of the molecule is O=C(Nc1ccccc1)C1CCN(C(=O)CN2CCN(Cc3ccc(Cl)cc3)CC2)CC1. The molecule has 0 atom stereocenters. The van der Waals surface area contributed by atoms with E-state index in [0.717, 1.165) is 56.3 Å². The smallest absolute Gasteiger partial charge is 0.236 e. The van der Waals surface area contributed by atoms with E-state index >= 15 is 0 Å². The molecule has 0 unspecified atom stereocenters. The summed E-state index contributed by atoms with van der Waals surface area (Å²) in [6.07, 6.45) is 1.44. The first-order valence-corrected chi connectivity index (χ1v) is 11.8. The molecule has 6 nitrogen and oxygen atoms in total. The molecule has 1 N–H and O–H groups in total. The van der Waals surface area contributed by atoms with E-state index in [1.807, 2.05) is 47.4 Å². The molecule has 4 rings (SSSR count). The number of amides is 2. The highest BCUT2D eigenvalue weighted by molar-refractivity contribution is 6.30.